The molecular formula is C17H14F4N4O2S. The molecule has 0 amide bonds. The topological polar surface area (TPSA) is 84.0 Å². The van der Waals surface area contributed by atoms with Crippen molar-refractivity contribution < 1.29 is 26.0 Å². The Kier molecular flexibility index (Phi) is 5.47. The molecule has 1 heterocycles. The summed E-state index contributed by atoms with van der Waals surface area (Å²) in [4.78, 5) is 6.81. The molecule has 2 aromatic rings. The van der Waals surface area contributed by atoms with E-state index in [0.717, 1.165) is 11.3 Å². The largest absolute Gasteiger partial charge is 0.368 e. The molecule has 0 radical (unpaired) electrons. The maximum Gasteiger partial charge on any atom is 0.244 e. The number of halogens is 4. The molecule has 0 fully saturated rings. The van der Waals surface area contributed by atoms with Crippen molar-refractivity contribution >= 4 is 28.0 Å². The molecule has 0 unspecified atom stereocenters. The van der Waals surface area contributed by atoms with Gasteiger partial charge in [0, 0.05) is 30.6 Å². The lowest BCUT2D eigenvalue weighted by Crippen LogP contribution is -2.31. The molecule has 0 saturated heterocycles. The zero-order valence-corrected chi connectivity index (χ0v) is 15.1. The van der Waals surface area contributed by atoms with Crippen molar-refractivity contribution in [2.45, 2.75) is 11.3 Å². The smallest absolute Gasteiger partial charge is 0.244 e. The number of rotatable bonds is 7. The lowest BCUT2D eigenvalue weighted by molar-refractivity contribution is 0.394. The first-order chi connectivity index (χ1) is 13.3. The molecule has 1 aromatic heterocycles. The summed E-state index contributed by atoms with van der Waals surface area (Å²) in [5.41, 5.74) is 0.594. The summed E-state index contributed by atoms with van der Waals surface area (Å²) in [6, 6.07) is 0. The van der Waals surface area contributed by atoms with Gasteiger partial charge in [-0.1, -0.05) is 24.8 Å². The first kappa shape index (κ1) is 20.0. The molecule has 0 atom stereocenters. The Bertz CT molecular complexity index is 1090. The van der Waals surface area contributed by atoms with Gasteiger partial charge < -0.3 is 5.32 Å². The van der Waals surface area contributed by atoms with Gasteiger partial charge in [0.25, 0.3) is 0 Å². The van der Waals surface area contributed by atoms with E-state index in [1.54, 1.807) is 0 Å². The summed E-state index contributed by atoms with van der Waals surface area (Å²) in [6.45, 7) is 2.90. The minimum Gasteiger partial charge on any atom is -0.368 e. The van der Waals surface area contributed by atoms with E-state index in [-0.39, 0.29) is 13.1 Å². The van der Waals surface area contributed by atoms with Crippen molar-refractivity contribution in [3.05, 3.63) is 59.1 Å². The van der Waals surface area contributed by atoms with Crippen molar-refractivity contribution in [3.63, 3.8) is 0 Å². The van der Waals surface area contributed by atoms with Gasteiger partial charge in [0.1, 0.15) is 17.0 Å². The first-order valence-electron chi connectivity index (χ1n) is 8.00. The van der Waals surface area contributed by atoms with Crippen LogP contribution < -0.4 is 10.0 Å². The molecular weight excluding hydrogens is 400 g/mol. The number of fused-ring (bicyclic) bond motifs is 1. The average Bonchev–Trinajstić information content (AvgIpc) is 3.15. The van der Waals surface area contributed by atoms with E-state index in [2.05, 4.69) is 21.9 Å². The predicted molar refractivity (Wildman–Crippen MR) is 94.8 cm³/mol. The fourth-order valence-electron chi connectivity index (χ4n) is 2.71. The lowest BCUT2D eigenvalue weighted by Gasteiger charge is -2.13. The van der Waals surface area contributed by atoms with Gasteiger partial charge in [-0.2, -0.15) is 0 Å². The Morgan fingerprint density at radius 3 is 2.50 bits per heavy atom. The summed E-state index contributed by atoms with van der Waals surface area (Å²) < 4.78 is 81.3. The number of allylic oxidation sites excluding steroid dienone is 1. The lowest BCUT2D eigenvalue weighted by atomic mass is 10.2. The van der Waals surface area contributed by atoms with Crippen LogP contribution >= 0.6 is 0 Å². The zero-order chi connectivity index (χ0) is 20.5. The maximum absolute atomic E-state index is 14.0. The van der Waals surface area contributed by atoms with Gasteiger partial charge in [0.05, 0.1) is 5.69 Å². The van der Waals surface area contributed by atoms with E-state index in [9.17, 15) is 26.0 Å². The molecule has 0 saturated carbocycles. The third-order valence-corrected chi connectivity index (χ3v) is 5.52. The van der Waals surface area contributed by atoms with E-state index in [1.807, 2.05) is 16.9 Å². The molecule has 11 heteroatoms. The summed E-state index contributed by atoms with van der Waals surface area (Å²) in [7, 11) is -4.69. The second-order valence-electron chi connectivity index (χ2n) is 5.72. The van der Waals surface area contributed by atoms with Crippen molar-refractivity contribution in [3.8, 4) is 0 Å². The summed E-state index contributed by atoms with van der Waals surface area (Å²) in [6.07, 6.45) is 6.32. The third kappa shape index (κ3) is 3.50. The Morgan fingerprint density at radius 2 is 1.79 bits per heavy atom. The Balaban J connectivity index is 1.76. The number of sulfonamides is 1. The highest BCUT2D eigenvalue weighted by Crippen LogP contribution is 2.28. The Labute approximate surface area is 158 Å². The number of hydrogen-bond donors (Lipinski definition) is 2. The second-order valence-corrected chi connectivity index (χ2v) is 7.42. The fourth-order valence-corrected chi connectivity index (χ4v) is 4.01. The van der Waals surface area contributed by atoms with E-state index in [0.29, 0.717) is 18.3 Å². The van der Waals surface area contributed by atoms with Crippen LogP contribution in [0.5, 0.6) is 0 Å². The second kappa shape index (κ2) is 7.68. The van der Waals surface area contributed by atoms with Crippen molar-refractivity contribution in [2.24, 2.45) is 0 Å². The number of nitrogens with one attached hydrogen (secondary N) is 2. The SMILES string of the molecule is C=Cc1c(F)c(F)c(F)c(F)c1S(=O)(=O)NCCNc1ncnc2c1C=CC2. The van der Waals surface area contributed by atoms with Gasteiger partial charge in [0.2, 0.25) is 10.0 Å². The third-order valence-electron chi connectivity index (χ3n) is 4.00. The molecule has 0 aliphatic heterocycles. The number of anilines is 1. The number of benzene rings is 1. The van der Waals surface area contributed by atoms with E-state index >= 15 is 0 Å². The van der Waals surface area contributed by atoms with Crippen LogP contribution in [0.1, 0.15) is 16.8 Å². The molecule has 1 aromatic carbocycles. The van der Waals surface area contributed by atoms with Crippen LogP contribution in [0.4, 0.5) is 23.4 Å². The van der Waals surface area contributed by atoms with Crippen LogP contribution in [-0.4, -0.2) is 31.5 Å². The normalized spacial score (nSPS) is 12.9. The predicted octanol–water partition coefficient (Wildman–Crippen LogP) is 2.64. The van der Waals surface area contributed by atoms with Crippen molar-refractivity contribution in [1.29, 1.82) is 0 Å². The molecule has 28 heavy (non-hydrogen) atoms. The van der Waals surface area contributed by atoms with Gasteiger partial charge in [0.15, 0.2) is 23.3 Å². The highest BCUT2D eigenvalue weighted by molar-refractivity contribution is 7.89. The molecule has 0 bridgehead atoms. The van der Waals surface area contributed by atoms with E-state index in [4.69, 9.17) is 0 Å². The van der Waals surface area contributed by atoms with Gasteiger partial charge in [-0.3, -0.25) is 0 Å². The molecule has 0 spiro atoms. The standard InChI is InChI=1S/C17H14F4N4O2S/c1-2-9-12(18)13(19)14(20)15(21)16(9)28(26,27)25-7-6-22-17-10-4-3-5-11(10)23-8-24-17/h2-4,8,25H,1,5-7H2,(H,22,23,24). The highest BCUT2D eigenvalue weighted by Gasteiger charge is 2.31. The average molecular weight is 414 g/mol. The van der Waals surface area contributed by atoms with Crippen LogP contribution in [0, 0.1) is 23.3 Å². The van der Waals surface area contributed by atoms with Crippen LogP contribution in [0.2, 0.25) is 0 Å². The minimum absolute atomic E-state index is 0.0354. The molecule has 3 rings (SSSR count). The molecule has 148 valence electrons. The van der Waals surface area contributed by atoms with Gasteiger partial charge in [-0.15, -0.1) is 0 Å². The minimum atomic E-state index is -4.69. The summed E-state index contributed by atoms with van der Waals surface area (Å²) >= 11 is 0. The molecule has 1 aliphatic rings. The van der Waals surface area contributed by atoms with Gasteiger partial charge in [-0.25, -0.2) is 40.7 Å². The highest BCUT2D eigenvalue weighted by atomic mass is 32.2. The number of hydrogen-bond acceptors (Lipinski definition) is 5. The van der Waals surface area contributed by atoms with E-state index in [1.165, 1.54) is 6.33 Å². The van der Waals surface area contributed by atoms with Crippen LogP contribution in [0.25, 0.3) is 12.2 Å². The Hall–Kier alpha value is -2.79. The first-order valence-corrected chi connectivity index (χ1v) is 9.48. The maximum atomic E-state index is 14.0. The molecule has 6 nitrogen and oxygen atoms in total. The quantitative estimate of drug-likeness (QED) is 0.315. The van der Waals surface area contributed by atoms with Gasteiger partial charge in [-0.05, 0) is 0 Å². The number of aromatic nitrogens is 2. The molecule has 2 N–H and O–H groups in total. The van der Waals surface area contributed by atoms with Crippen LogP contribution in [0.15, 0.2) is 23.9 Å². The van der Waals surface area contributed by atoms with E-state index < -0.39 is 43.8 Å². The summed E-state index contributed by atoms with van der Waals surface area (Å²) in [5.74, 6) is -7.71. The zero-order valence-electron chi connectivity index (χ0n) is 14.3. The van der Waals surface area contributed by atoms with Crippen molar-refractivity contribution in [2.75, 3.05) is 18.4 Å². The van der Waals surface area contributed by atoms with Gasteiger partial charge >= 0.3 is 0 Å². The van der Waals surface area contributed by atoms with Crippen LogP contribution in [0.3, 0.4) is 0 Å². The summed E-state index contributed by atoms with van der Waals surface area (Å²) in [5, 5.41) is 2.89. The number of nitrogens with zero attached hydrogens (tertiary/aromatic N) is 2. The molecule has 1 aliphatic carbocycles. The van der Waals surface area contributed by atoms with Crippen LogP contribution in [-0.2, 0) is 16.4 Å². The fraction of sp³-hybridized carbons (Fsp3) is 0.176. The van der Waals surface area contributed by atoms with Crippen molar-refractivity contribution in [1.82, 2.24) is 14.7 Å². The monoisotopic (exact) mass is 414 g/mol. The Morgan fingerprint density at radius 1 is 1.07 bits per heavy atom.